The van der Waals surface area contributed by atoms with Crippen molar-refractivity contribution < 1.29 is 34.2 Å². The average molecular weight is 401 g/mol. The topological polar surface area (TPSA) is 136 Å². The monoisotopic (exact) mass is 401 g/mol. The van der Waals surface area contributed by atoms with Crippen LogP contribution in [0.25, 0.3) is 12.2 Å². The van der Waals surface area contributed by atoms with Gasteiger partial charge in [-0.05, 0) is 35.4 Å². The van der Waals surface area contributed by atoms with Crippen LogP contribution in [0.3, 0.4) is 0 Å². The smallest absolute Gasteiger partial charge is 0.328 e. The first-order valence-electron chi connectivity index (χ1n) is 8.04. The van der Waals surface area contributed by atoms with Crippen molar-refractivity contribution in [1.29, 1.82) is 0 Å². The van der Waals surface area contributed by atoms with E-state index in [1.54, 1.807) is 38.5 Å². The van der Waals surface area contributed by atoms with Gasteiger partial charge >= 0.3 is 11.9 Å². The zero-order valence-corrected chi connectivity index (χ0v) is 15.6. The number of aliphatic carboxylic acids is 2. The van der Waals surface area contributed by atoms with Crippen molar-refractivity contribution in [3.8, 4) is 11.5 Å². The van der Waals surface area contributed by atoms with E-state index in [4.69, 9.17) is 19.7 Å². The summed E-state index contributed by atoms with van der Waals surface area (Å²) in [4.78, 5) is 30.3. The van der Waals surface area contributed by atoms with Gasteiger partial charge in [0, 0.05) is 30.4 Å². The Bertz CT molecular complexity index is 912. The van der Waals surface area contributed by atoms with Gasteiger partial charge in [-0.1, -0.05) is 12.1 Å². The molecule has 0 fully saturated rings. The van der Waals surface area contributed by atoms with Crippen LogP contribution >= 0.6 is 0 Å². The van der Waals surface area contributed by atoms with Gasteiger partial charge in [-0.3, -0.25) is 10.1 Å². The Morgan fingerprint density at radius 1 is 0.897 bits per heavy atom. The molecule has 0 unspecified atom stereocenters. The average Bonchev–Trinajstić information content (AvgIpc) is 2.71. The van der Waals surface area contributed by atoms with Gasteiger partial charge < -0.3 is 19.7 Å². The van der Waals surface area contributed by atoms with Crippen LogP contribution in [0.1, 0.15) is 11.1 Å². The highest BCUT2D eigenvalue weighted by Crippen LogP contribution is 2.23. The van der Waals surface area contributed by atoms with Crippen molar-refractivity contribution in [2.24, 2.45) is 0 Å². The second kappa shape index (κ2) is 11.5. The molecule has 0 saturated heterocycles. The number of nitro benzene ring substituents is 1. The number of rotatable bonds is 7. The molecule has 0 aromatic heterocycles. The van der Waals surface area contributed by atoms with Gasteiger partial charge in [0.15, 0.2) is 0 Å². The van der Waals surface area contributed by atoms with E-state index in [0.29, 0.717) is 22.6 Å². The molecule has 0 heterocycles. The predicted molar refractivity (Wildman–Crippen MR) is 106 cm³/mol. The fourth-order valence-electron chi connectivity index (χ4n) is 2.00. The molecule has 0 radical (unpaired) electrons. The van der Waals surface area contributed by atoms with E-state index < -0.39 is 16.9 Å². The first-order valence-corrected chi connectivity index (χ1v) is 8.04. The molecule has 152 valence electrons. The third-order valence-electron chi connectivity index (χ3n) is 3.29. The molecule has 2 aromatic rings. The summed E-state index contributed by atoms with van der Waals surface area (Å²) in [5, 5.41) is 27.2. The van der Waals surface area contributed by atoms with Gasteiger partial charge in [0.1, 0.15) is 11.5 Å². The first kappa shape index (κ1) is 22.9. The fourth-order valence-corrected chi connectivity index (χ4v) is 2.00. The number of benzene rings is 2. The molecule has 0 aliphatic carbocycles. The molecule has 2 aromatic carbocycles. The molecule has 0 aliphatic heterocycles. The van der Waals surface area contributed by atoms with E-state index in [-0.39, 0.29) is 5.69 Å². The van der Waals surface area contributed by atoms with Crippen molar-refractivity contribution >= 4 is 29.8 Å². The van der Waals surface area contributed by atoms with E-state index in [9.17, 15) is 19.7 Å². The van der Waals surface area contributed by atoms with Gasteiger partial charge in [0.2, 0.25) is 0 Å². The number of carbonyl (C=O) groups is 2. The van der Waals surface area contributed by atoms with Crippen LogP contribution in [0.2, 0.25) is 0 Å². The lowest BCUT2D eigenvalue weighted by molar-refractivity contribution is -0.384. The van der Waals surface area contributed by atoms with Gasteiger partial charge in [0.25, 0.3) is 5.69 Å². The van der Waals surface area contributed by atoms with Gasteiger partial charge in [-0.2, -0.15) is 0 Å². The van der Waals surface area contributed by atoms with E-state index in [1.807, 2.05) is 0 Å². The van der Waals surface area contributed by atoms with Crippen LogP contribution in [-0.4, -0.2) is 41.3 Å². The highest BCUT2D eigenvalue weighted by Gasteiger charge is 2.03. The quantitative estimate of drug-likeness (QED) is 0.409. The van der Waals surface area contributed by atoms with Crippen molar-refractivity contribution in [2.75, 3.05) is 14.2 Å². The second-order valence-electron chi connectivity index (χ2n) is 5.34. The predicted octanol–water partition coefficient (Wildman–Crippen LogP) is 3.49. The third-order valence-corrected chi connectivity index (χ3v) is 3.29. The Balaban J connectivity index is 0.000000291. The maximum atomic E-state index is 10.4. The summed E-state index contributed by atoms with van der Waals surface area (Å²) in [5.41, 5.74) is 1.15. The Hall–Kier alpha value is -4.14. The summed E-state index contributed by atoms with van der Waals surface area (Å²) in [7, 11) is 3.08. The molecule has 0 saturated carbocycles. The number of non-ortho nitro benzene ring substituents is 1. The highest BCUT2D eigenvalue weighted by molar-refractivity contribution is 5.85. The Kier molecular flexibility index (Phi) is 9.12. The third kappa shape index (κ3) is 8.87. The van der Waals surface area contributed by atoms with E-state index in [2.05, 4.69) is 0 Å². The largest absolute Gasteiger partial charge is 0.497 e. The van der Waals surface area contributed by atoms with Crippen LogP contribution in [0, 0.1) is 10.1 Å². The minimum Gasteiger partial charge on any atom is -0.497 e. The SMILES string of the molecule is COc1cc(/C=C/C(=O)O)cc(OC)c1.O=C(O)/C=C/c1cccc([N+](=O)[O-])c1. The Labute approximate surface area is 166 Å². The first-order chi connectivity index (χ1) is 13.7. The van der Waals surface area contributed by atoms with Crippen LogP contribution in [-0.2, 0) is 9.59 Å². The summed E-state index contributed by atoms with van der Waals surface area (Å²) >= 11 is 0. The molecule has 0 aliphatic rings. The lowest BCUT2D eigenvalue weighted by atomic mass is 10.2. The zero-order valence-electron chi connectivity index (χ0n) is 15.6. The lowest BCUT2D eigenvalue weighted by Crippen LogP contribution is -1.89. The molecule has 9 heteroatoms. The highest BCUT2D eigenvalue weighted by atomic mass is 16.6. The maximum absolute atomic E-state index is 10.4. The van der Waals surface area contributed by atoms with Crippen LogP contribution < -0.4 is 9.47 Å². The number of ether oxygens (including phenoxy) is 2. The summed E-state index contributed by atoms with van der Waals surface area (Å²) in [6, 6.07) is 10.9. The number of carboxylic acids is 2. The maximum Gasteiger partial charge on any atom is 0.328 e. The Morgan fingerprint density at radius 2 is 1.41 bits per heavy atom. The summed E-state index contributed by atoms with van der Waals surface area (Å²) in [5.74, 6) is -0.827. The normalized spacial score (nSPS) is 10.3. The molecule has 0 spiro atoms. The van der Waals surface area contributed by atoms with E-state index >= 15 is 0 Å². The summed E-state index contributed by atoms with van der Waals surface area (Å²) < 4.78 is 10.1. The van der Waals surface area contributed by atoms with Gasteiger partial charge in [0.05, 0.1) is 19.1 Å². The fraction of sp³-hybridized carbons (Fsp3) is 0.100. The summed E-state index contributed by atoms with van der Waals surface area (Å²) in [6.45, 7) is 0. The van der Waals surface area contributed by atoms with Crippen molar-refractivity contribution in [2.45, 2.75) is 0 Å². The molecule has 2 rings (SSSR count). The zero-order chi connectivity index (χ0) is 21.8. The van der Waals surface area contributed by atoms with Crippen LogP contribution in [0.15, 0.2) is 54.6 Å². The molecule has 0 bridgehead atoms. The number of nitrogens with zero attached hydrogens (tertiary/aromatic N) is 1. The van der Waals surface area contributed by atoms with Crippen LogP contribution in [0.5, 0.6) is 11.5 Å². The lowest BCUT2D eigenvalue weighted by Gasteiger charge is -2.05. The molecule has 2 N–H and O–H groups in total. The number of carboxylic acid groups (broad SMARTS) is 2. The standard InChI is InChI=1S/C11H12O4.C9H7NO4/c1-14-9-5-8(3-4-11(12)13)6-10(7-9)15-2;11-9(12)5-4-7-2-1-3-8(6-7)10(13)14/h3-7H,1-2H3,(H,12,13);1-6H,(H,11,12)/b4-3+;5-4+. The molecule has 0 amide bonds. The molecule has 9 nitrogen and oxygen atoms in total. The number of nitro groups is 1. The van der Waals surface area contributed by atoms with Gasteiger partial charge in [-0.25, -0.2) is 9.59 Å². The van der Waals surface area contributed by atoms with Gasteiger partial charge in [-0.15, -0.1) is 0 Å². The van der Waals surface area contributed by atoms with E-state index in [0.717, 1.165) is 12.2 Å². The second-order valence-corrected chi connectivity index (χ2v) is 5.34. The van der Waals surface area contributed by atoms with Crippen molar-refractivity contribution in [3.63, 3.8) is 0 Å². The Morgan fingerprint density at radius 3 is 1.86 bits per heavy atom. The minimum absolute atomic E-state index is 0.0578. The van der Waals surface area contributed by atoms with Crippen LogP contribution in [0.4, 0.5) is 5.69 Å². The molecule has 0 atom stereocenters. The minimum atomic E-state index is -1.09. The van der Waals surface area contributed by atoms with Crippen molar-refractivity contribution in [3.05, 3.63) is 75.9 Å². The van der Waals surface area contributed by atoms with E-state index in [1.165, 1.54) is 30.4 Å². The van der Waals surface area contributed by atoms with Crippen molar-refractivity contribution in [1.82, 2.24) is 0 Å². The number of methoxy groups -OCH3 is 2. The summed E-state index contributed by atoms with van der Waals surface area (Å²) in [6.07, 6.45) is 4.77. The molecule has 29 heavy (non-hydrogen) atoms. The molecular formula is C20H19NO8. The molecular weight excluding hydrogens is 382 g/mol. The number of hydrogen-bond acceptors (Lipinski definition) is 6. The number of hydrogen-bond donors (Lipinski definition) is 2.